The molecule has 2 N–H and O–H groups in total. The molecule has 0 aromatic heterocycles. The molecule has 9 atom stereocenters. The molecule has 0 saturated heterocycles. The number of rotatable bonds is 4. The Labute approximate surface area is 184 Å². The lowest BCUT2D eigenvalue weighted by atomic mass is 9.44. The molecule has 4 fully saturated rings. The predicted molar refractivity (Wildman–Crippen MR) is 119 cm³/mol. The SMILES string of the molecule is [2H]C(C)(C)[C@@H](N)C(=O)O[C@@H]1CC[C@@]2(C)[C@@H](CC[C@@H]3[C@@H]2CC[C@]2(C)[C@@H](C(C)=O)CC[C@@H]32)C1. The van der Waals surface area contributed by atoms with Crippen LogP contribution in [0.15, 0.2) is 0 Å². The van der Waals surface area contributed by atoms with Crippen LogP contribution in [-0.2, 0) is 14.3 Å². The molecule has 0 unspecified atom stereocenters. The Morgan fingerprint density at radius 1 is 1.00 bits per heavy atom. The average molecular weight is 419 g/mol. The molecule has 4 nitrogen and oxygen atoms in total. The first-order valence-electron chi connectivity index (χ1n) is 12.8. The van der Waals surface area contributed by atoms with Gasteiger partial charge in [-0.1, -0.05) is 27.7 Å². The van der Waals surface area contributed by atoms with E-state index in [1.54, 1.807) is 20.8 Å². The molecule has 0 heterocycles. The Balaban J connectivity index is 1.44. The summed E-state index contributed by atoms with van der Waals surface area (Å²) in [5.74, 6) is 2.01. The molecule has 4 rings (SSSR count). The quantitative estimate of drug-likeness (QED) is 0.643. The van der Waals surface area contributed by atoms with Gasteiger partial charge in [-0.15, -0.1) is 0 Å². The smallest absolute Gasteiger partial charge is 0.323 e. The lowest BCUT2D eigenvalue weighted by Gasteiger charge is -2.61. The van der Waals surface area contributed by atoms with E-state index < -0.39 is 17.9 Å². The van der Waals surface area contributed by atoms with Gasteiger partial charge < -0.3 is 10.5 Å². The number of hydrogen-bond acceptors (Lipinski definition) is 4. The lowest BCUT2D eigenvalue weighted by Crippen LogP contribution is -2.54. The summed E-state index contributed by atoms with van der Waals surface area (Å²) in [5.41, 5.74) is 6.49. The molecule has 0 aromatic rings. The third-order valence-electron chi connectivity index (χ3n) is 10.3. The number of Topliss-reactive ketones (excluding diaryl/α,β-unsaturated/α-hetero) is 1. The molecular weight excluding hydrogens is 374 g/mol. The molecule has 0 radical (unpaired) electrons. The molecule has 0 aliphatic heterocycles. The van der Waals surface area contributed by atoms with E-state index in [0.29, 0.717) is 23.0 Å². The van der Waals surface area contributed by atoms with Crippen LogP contribution < -0.4 is 5.73 Å². The Kier molecular flexibility index (Phi) is 5.52. The second kappa shape index (κ2) is 7.90. The minimum atomic E-state index is -1.02. The van der Waals surface area contributed by atoms with Crippen LogP contribution in [0.3, 0.4) is 0 Å². The Bertz CT molecular complexity index is 733. The summed E-state index contributed by atoms with van der Waals surface area (Å²) in [6.45, 7) is 10.0. The van der Waals surface area contributed by atoms with Gasteiger partial charge >= 0.3 is 5.97 Å². The molecule has 0 amide bonds. The normalized spacial score (nSPS) is 47.3. The molecule has 0 bridgehead atoms. The first kappa shape index (κ1) is 21.0. The second-order valence-corrected chi connectivity index (χ2v) is 11.8. The van der Waals surface area contributed by atoms with Gasteiger partial charge in [-0.2, -0.15) is 0 Å². The molecule has 170 valence electrons. The highest BCUT2D eigenvalue weighted by Gasteiger charge is 2.60. The van der Waals surface area contributed by atoms with Crippen LogP contribution in [0.2, 0.25) is 0 Å². The number of nitrogens with two attached hydrogens (primary N) is 1. The van der Waals surface area contributed by atoms with E-state index in [-0.39, 0.29) is 17.4 Å². The third-order valence-corrected chi connectivity index (χ3v) is 10.3. The Morgan fingerprint density at radius 2 is 1.67 bits per heavy atom. The van der Waals surface area contributed by atoms with Crippen molar-refractivity contribution in [1.29, 1.82) is 0 Å². The van der Waals surface area contributed by atoms with Gasteiger partial charge in [0, 0.05) is 7.29 Å². The highest BCUT2D eigenvalue weighted by Crippen LogP contribution is 2.67. The average Bonchev–Trinajstić information content (AvgIpc) is 3.04. The van der Waals surface area contributed by atoms with Gasteiger partial charge in [0.15, 0.2) is 0 Å². The van der Waals surface area contributed by atoms with Crippen LogP contribution in [-0.4, -0.2) is 23.9 Å². The van der Waals surface area contributed by atoms with E-state index >= 15 is 0 Å². The van der Waals surface area contributed by atoms with Crippen molar-refractivity contribution >= 4 is 11.8 Å². The van der Waals surface area contributed by atoms with Crippen LogP contribution in [0, 0.1) is 46.3 Å². The van der Waals surface area contributed by atoms with Crippen molar-refractivity contribution in [1.82, 2.24) is 0 Å². The van der Waals surface area contributed by atoms with Crippen molar-refractivity contribution in [2.24, 2.45) is 52.0 Å². The molecular formula is C26H43NO3. The first-order valence-corrected chi connectivity index (χ1v) is 12.3. The highest BCUT2D eigenvalue weighted by molar-refractivity contribution is 5.79. The summed E-state index contributed by atoms with van der Waals surface area (Å²) in [6.07, 6.45) is 10.1. The zero-order chi connectivity index (χ0) is 22.8. The van der Waals surface area contributed by atoms with Crippen LogP contribution in [0.25, 0.3) is 0 Å². The zero-order valence-electron chi connectivity index (χ0n) is 20.7. The predicted octanol–water partition coefficient (Wildman–Crippen LogP) is 5.13. The van der Waals surface area contributed by atoms with E-state index in [2.05, 4.69) is 13.8 Å². The molecule has 4 saturated carbocycles. The molecule has 4 aliphatic rings. The van der Waals surface area contributed by atoms with Gasteiger partial charge in [-0.25, -0.2) is 0 Å². The van der Waals surface area contributed by atoms with E-state index in [4.69, 9.17) is 11.8 Å². The van der Waals surface area contributed by atoms with Crippen molar-refractivity contribution in [3.8, 4) is 0 Å². The van der Waals surface area contributed by atoms with Gasteiger partial charge in [0.25, 0.3) is 0 Å². The van der Waals surface area contributed by atoms with Gasteiger partial charge in [0.05, 0.1) is 0 Å². The Hall–Kier alpha value is -0.900. The lowest BCUT2D eigenvalue weighted by molar-refractivity contribution is -0.165. The van der Waals surface area contributed by atoms with Crippen molar-refractivity contribution in [3.05, 3.63) is 0 Å². The summed E-state index contributed by atoms with van der Waals surface area (Å²) < 4.78 is 13.8. The van der Waals surface area contributed by atoms with Gasteiger partial charge in [-0.3, -0.25) is 9.59 Å². The number of ether oxygens (including phenoxy) is 1. The minimum absolute atomic E-state index is 0.0574. The zero-order valence-corrected chi connectivity index (χ0v) is 19.7. The highest BCUT2D eigenvalue weighted by atomic mass is 16.5. The summed E-state index contributed by atoms with van der Waals surface area (Å²) in [4.78, 5) is 24.8. The number of carbonyl (C=O) groups is 2. The van der Waals surface area contributed by atoms with Gasteiger partial charge in [0.2, 0.25) is 0 Å². The number of ketones is 1. The van der Waals surface area contributed by atoms with Crippen molar-refractivity contribution in [2.75, 3.05) is 0 Å². The van der Waals surface area contributed by atoms with E-state index in [0.717, 1.165) is 37.5 Å². The van der Waals surface area contributed by atoms with Gasteiger partial charge in [-0.05, 0) is 105 Å². The van der Waals surface area contributed by atoms with E-state index in [1.807, 2.05) is 0 Å². The monoisotopic (exact) mass is 418 g/mol. The van der Waals surface area contributed by atoms with Crippen LogP contribution in [0.1, 0.15) is 93.8 Å². The third kappa shape index (κ3) is 3.45. The van der Waals surface area contributed by atoms with E-state index in [9.17, 15) is 9.59 Å². The molecule has 4 heteroatoms. The van der Waals surface area contributed by atoms with Crippen LogP contribution in [0.4, 0.5) is 0 Å². The number of fused-ring (bicyclic) bond motifs is 5. The maximum Gasteiger partial charge on any atom is 0.323 e. The number of carbonyl (C=O) groups excluding carboxylic acids is 2. The summed E-state index contributed by atoms with van der Waals surface area (Å²) in [5, 5.41) is 0. The largest absolute Gasteiger partial charge is 0.461 e. The first-order chi connectivity index (χ1) is 14.4. The standard InChI is InChI=1S/C26H43NO3/c1-15(2)23(27)24(29)30-18-10-12-25(4)17(14-18)6-7-19-21-9-8-20(16(3)28)26(21,5)13-11-22(19)25/h15,17-23H,6-14,27H2,1-5H3/t17-,18+,19-,20+,21-,22-,23+,25-,26+/m0/s1/i15D. The fraction of sp³-hybridized carbons (Fsp3) is 0.923. The summed E-state index contributed by atoms with van der Waals surface area (Å²) in [7, 11) is 0. The Morgan fingerprint density at radius 3 is 2.33 bits per heavy atom. The fourth-order valence-corrected chi connectivity index (χ4v) is 8.47. The van der Waals surface area contributed by atoms with E-state index in [1.165, 1.54) is 32.1 Å². The van der Waals surface area contributed by atoms with Crippen LogP contribution in [0.5, 0.6) is 0 Å². The fourth-order valence-electron chi connectivity index (χ4n) is 8.47. The number of esters is 1. The molecule has 4 aliphatic carbocycles. The molecule has 0 spiro atoms. The minimum Gasteiger partial charge on any atom is -0.461 e. The summed E-state index contributed by atoms with van der Waals surface area (Å²) >= 11 is 0. The summed E-state index contributed by atoms with van der Waals surface area (Å²) in [6, 6.07) is -0.899. The van der Waals surface area contributed by atoms with Crippen molar-refractivity contribution in [3.63, 3.8) is 0 Å². The second-order valence-electron chi connectivity index (χ2n) is 11.8. The molecule has 30 heavy (non-hydrogen) atoms. The topological polar surface area (TPSA) is 69.4 Å². The van der Waals surface area contributed by atoms with Gasteiger partial charge in [0.1, 0.15) is 17.9 Å². The van der Waals surface area contributed by atoms with Crippen molar-refractivity contribution < 1.29 is 15.7 Å². The molecule has 0 aromatic carbocycles. The number of hydrogen-bond donors (Lipinski definition) is 1. The maximum atomic E-state index is 12.5. The van der Waals surface area contributed by atoms with Crippen molar-refractivity contribution in [2.45, 2.75) is 105 Å². The maximum absolute atomic E-state index is 12.5. The van der Waals surface area contributed by atoms with Crippen LogP contribution >= 0.6 is 0 Å².